The summed E-state index contributed by atoms with van der Waals surface area (Å²) in [7, 11) is 1.14. The first-order chi connectivity index (χ1) is 12.2. The number of urea groups is 1. The summed E-state index contributed by atoms with van der Waals surface area (Å²) in [4.78, 5) is 25.0. The minimum atomic E-state index is -0.861. The average Bonchev–Trinajstić information content (AvgIpc) is 2.86. The number of hydrogen-bond acceptors (Lipinski definition) is 5. The van der Waals surface area contributed by atoms with Crippen molar-refractivity contribution in [2.24, 2.45) is 0 Å². The molecule has 0 aromatic heterocycles. The van der Waals surface area contributed by atoms with Gasteiger partial charge in [-0.3, -0.25) is 10.0 Å². The SMILES string of the molecule is CN(O)C(=O)N1COC(=Cc2cc(C(C)(C)C)c(O)c(C(C)(C)C)c2)C1=O. The van der Waals surface area contributed by atoms with Crippen LogP contribution in [0.2, 0.25) is 0 Å². The summed E-state index contributed by atoms with van der Waals surface area (Å²) in [6.45, 7) is 11.7. The van der Waals surface area contributed by atoms with E-state index in [0.29, 0.717) is 10.6 Å². The number of aromatic hydroxyl groups is 1. The second-order valence-corrected chi connectivity index (χ2v) is 8.79. The molecule has 1 aromatic rings. The first-order valence-corrected chi connectivity index (χ1v) is 8.74. The lowest BCUT2D eigenvalue weighted by molar-refractivity contribution is -0.124. The van der Waals surface area contributed by atoms with Crippen LogP contribution in [-0.4, -0.2) is 46.0 Å². The fraction of sp³-hybridized carbons (Fsp3) is 0.500. The molecule has 2 N–H and O–H groups in total. The molecule has 7 heteroatoms. The lowest BCUT2D eigenvalue weighted by Gasteiger charge is -2.27. The Labute approximate surface area is 159 Å². The maximum Gasteiger partial charge on any atom is 0.353 e. The molecule has 7 nitrogen and oxygen atoms in total. The summed E-state index contributed by atoms with van der Waals surface area (Å²) in [5.41, 5.74) is 1.60. The van der Waals surface area contributed by atoms with Crippen molar-refractivity contribution in [1.82, 2.24) is 9.96 Å². The third kappa shape index (κ3) is 4.24. The molecule has 3 amide bonds. The van der Waals surface area contributed by atoms with E-state index in [-0.39, 0.29) is 29.1 Å². The molecule has 1 aromatic carbocycles. The van der Waals surface area contributed by atoms with Crippen molar-refractivity contribution in [3.05, 3.63) is 34.6 Å². The second kappa shape index (κ2) is 6.88. The third-order valence-corrected chi connectivity index (χ3v) is 4.36. The number of rotatable bonds is 1. The molecule has 0 atom stereocenters. The van der Waals surface area contributed by atoms with Crippen LogP contribution in [0.25, 0.3) is 6.08 Å². The fourth-order valence-corrected chi connectivity index (χ4v) is 2.84. The highest BCUT2D eigenvalue weighted by Gasteiger charge is 2.35. The molecular formula is C20H28N2O5. The van der Waals surface area contributed by atoms with Crippen LogP contribution in [-0.2, 0) is 20.4 Å². The Bertz CT molecular complexity index is 763. The van der Waals surface area contributed by atoms with Gasteiger partial charge in [0.2, 0.25) is 0 Å². The van der Waals surface area contributed by atoms with Gasteiger partial charge in [0.15, 0.2) is 12.5 Å². The standard InChI is InChI=1S/C20H28N2O5/c1-19(2,3)13-8-12(9-14(16(13)23)20(4,5)6)10-15-17(24)22(11-27-15)18(25)21(7)26/h8-10,23,26H,11H2,1-7H3. The number of nitrogens with zero attached hydrogens (tertiary/aromatic N) is 2. The van der Waals surface area contributed by atoms with E-state index >= 15 is 0 Å². The molecule has 1 aliphatic rings. The highest BCUT2D eigenvalue weighted by atomic mass is 16.5. The Morgan fingerprint density at radius 1 is 1.15 bits per heavy atom. The van der Waals surface area contributed by atoms with Crippen molar-refractivity contribution in [1.29, 1.82) is 0 Å². The number of carbonyl (C=O) groups is 2. The van der Waals surface area contributed by atoms with Crippen molar-refractivity contribution in [3.8, 4) is 5.75 Å². The van der Waals surface area contributed by atoms with Crippen LogP contribution in [0.5, 0.6) is 5.75 Å². The topological polar surface area (TPSA) is 90.3 Å². The van der Waals surface area contributed by atoms with E-state index in [4.69, 9.17) is 4.74 Å². The monoisotopic (exact) mass is 376 g/mol. The van der Waals surface area contributed by atoms with Crippen LogP contribution in [0.1, 0.15) is 58.2 Å². The maximum atomic E-state index is 12.4. The van der Waals surface area contributed by atoms with Crippen LogP contribution in [0.4, 0.5) is 4.79 Å². The van der Waals surface area contributed by atoms with Gasteiger partial charge >= 0.3 is 6.03 Å². The van der Waals surface area contributed by atoms with Gasteiger partial charge in [0, 0.05) is 18.2 Å². The second-order valence-electron chi connectivity index (χ2n) is 8.79. The van der Waals surface area contributed by atoms with Crippen molar-refractivity contribution in [3.63, 3.8) is 0 Å². The highest BCUT2D eigenvalue weighted by Crippen LogP contribution is 2.40. The number of phenolic OH excluding ortho intramolecular Hbond substituents is 1. The van der Waals surface area contributed by atoms with Crippen molar-refractivity contribution < 1.29 is 24.6 Å². The van der Waals surface area contributed by atoms with E-state index in [1.165, 1.54) is 0 Å². The molecule has 0 spiro atoms. The summed E-state index contributed by atoms with van der Waals surface area (Å²) in [5, 5.41) is 20.3. The molecule has 0 bridgehead atoms. The minimum Gasteiger partial charge on any atom is -0.507 e. The molecule has 0 aliphatic carbocycles. The quantitative estimate of drug-likeness (QED) is 0.444. The Morgan fingerprint density at radius 2 is 1.63 bits per heavy atom. The molecule has 0 radical (unpaired) electrons. The molecule has 1 saturated heterocycles. The van der Waals surface area contributed by atoms with E-state index in [0.717, 1.165) is 23.1 Å². The van der Waals surface area contributed by atoms with Crippen LogP contribution < -0.4 is 0 Å². The summed E-state index contributed by atoms with van der Waals surface area (Å²) < 4.78 is 5.35. The lowest BCUT2D eigenvalue weighted by Crippen LogP contribution is -2.40. The van der Waals surface area contributed by atoms with Gasteiger partial charge in [0.25, 0.3) is 5.91 Å². The Morgan fingerprint density at radius 3 is 2.04 bits per heavy atom. The summed E-state index contributed by atoms with van der Waals surface area (Å²) in [6.07, 6.45) is 1.55. The first-order valence-electron chi connectivity index (χ1n) is 8.74. The molecular weight excluding hydrogens is 348 g/mol. The normalized spacial score (nSPS) is 16.7. The van der Waals surface area contributed by atoms with E-state index in [1.54, 1.807) is 6.08 Å². The Balaban J connectivity index is 2.52. The Kier molecular flexibility index (Phi) is 5.30. The number of benzene rings is 1. The van der Waals surface area contributed by atoms with Crippen molar-refractivity contribution in [2.45, 2.75) is 52.4 Å². The largest absolute Gasteiger partial charge is 0.507 e. The number of phenols is 1. The molecule has 148 valence electrons. The molecule has 1 heterocycles. The van der Waals surface area contributed by atoms with E-state index in [9.17, 15) is 19.9 Å². The smallest absolute Gasteiger partial charge is 0.353 e. The lowest BCUT2D eigenvalue weighted by atomic mass is 9.78. The van der Waals surface area contributed by atoms with Gasteiger partial charge in [-0.25, -0.2) is 14.8 Å². The zero-order valence-electron chi connectivity index (χ0n) is 17.0. The summed E-state index contributed by atoms with van der Waals surface area (Å²) >= 11 is 0. The van der Waals surface area contributed by atoms with Crippen LogP contribution in [0, 0.1) is 0 Å². The molecule has 0 unspecified atom stereocenters. The Hall–Kier alpha value is -2.54. The summed E-state index contributed by atoms with van der Waals surface area (Å²) in [5.74, 6) is -0.367. The van der Waals surface area contributed by atoms with Gasteiger partial charge in [0.05, 0.1) is 0 Å². The molecule has 2 rings (SSSR count). The minimum absolute atomic E-state index is 0.00982. The van der Waals surface area contributed by atoms with Gasteiger partial charge < -0.3 is 9.84 Å². The number of hydroxylamine groups is 2. The third-order valence-electron chi connectivity index (χ3n) is 4.36. The van der Waals surface area contributed by atoms with Gasteiger partial charge in [-0.1, -0.05) is 41.5 Å². The van der Waals surface area contributed by atoms with E-state index < -0.39 is 11.9 Å². The molecule has 27 heavy (non-hydrogen) atoms. The number of carbonyl (C=O) groups excluding carboxylic acids is 2. The van der Waals surface area contributed by atoms with Crippen LogP contribution in [0.15, 0.2) is 17.9 Å². The maximum absolute atomic E-state index is 12.4. The molecule has 1 aliphatic heterocycles. The van der Waals surface area contributed by atoms with E-state index in [2.05, 4.69) is 0 Å². The van der Waals surface area contributed by atoms with Gasteiger partial charge in [-0.15, -0.1) is 0 Å². The zero-order chi connectivity index (χ0) is 20.7. The average molecular weight is 376 g/mol. The molecule has 1 fully saturated rings. The van der Waals surface area contributed by atoms with Gasteiger partial charge in [-0.05, 0) is 34.6 Å². The van der Waals surface area contributed by atoms with Gasteiger partial charge in [0.1, 0.15) is 5.75 Å². The number of hydrogen-bond donors (Lipinski definition) is 2. The highest BCUT2D eigenvalue weighted by molar-refractivity contribution is 6.06. The zero-order valence-corrected chi connectivity index (χ0v) is 17.0. The van der Waals surface area contributed by atoms with Crippen LogP contribution >= 0.6 is 0 Å². The van der Waals surface area contributed by atoms with Crippen molar-refractivity contribution >= 4 is 18.0 Å². The number of ether oxygens (including phenoxy) is 1. The van der Waals surface area contributed by atoms with Gasteiger partial charge in [-0.2, -0.15) is 0 Å². The molecule has 0 saturated carbocycles. The first kappa shape index (κ1) is 20.8. The fourth-order valence-electron chi connectivity index (χ4n) is 2.84. The predicted molar refractivity (Wildman–Crippen MR) is 101 cm³/mol. The van der Waals surface area contributed by atoms with Crippen LogP contribution in [0.3, 0.4) is 0 Å². The summed E-state index contributed by atoms with van der Waals surface area (Å²) in [6, 6.07) is 2.77. The van der Waals surface area contributed by atoms with Crippen molar-refractivity contribution in [2.75, 3.05) is 13.8 Å². The predicted octanol–water partition coefficient (Wildman–Crippen LogP) is 3.59. The van der Waals surface area contributed by atoms with E-state index in [1.807, 2.05) is 53.7 Å². The number of amides is 3. The number of imide groups is 1.